The van der Waals surface area contributed by atoms with Crippen molar-refractivity contribution in [1.29, 1.82) is 0 Å². The number of likely N-dealkylation sites (N-methyl/N-ethyl adjacent to an activating group) is 1. The summed E-state index contributed by atoms with van der Waals surface area (Å²) in [4.78, 5) is 14.1. The Labute approximate surface area is 167 Å². The Kier molecular flexibility index (Phi) is 5.87. The molecule has 2 aromatic carbocycles. The number of fused-ring (bicyclic) bond motifs is 1. The van der Waals surface area contributed by atoms with Gasteiger partial charge in [0.2, 0.25) is 0 Å². The molecule has 6 heteroatoms. The zero-order chi connectivity index (χ0) is 19.6. The minimum Gasteiger partial charge on any atom is -0.496 e. The van der Waals surface area contributed by atoms with Crippen molar-refractivity contribution in [3.05, 3.63) is 58.2 Å². The molecule has 0 saturated heterocycles. The highest BCUT2D eigenvalue weighted by Gasteiger charge is 2.23. The van der Waals surface area contributed by atoms with Crippen LogP contribution in [0.25, 0.3) is 16.6 Å². The van der Waals surface area contributed by atoms with Crippen LogP contribution in [0, 0.1) is 6.92 Å². The average molecular weight is 432 g/mol. The van der Waals surface area contributed by atoms with E-state index in [0.29, 0.717) is 17.9 Å². The molecule has 3 aromatic rings. The third-order valence-corrected chi connectivity index (χ3v) is 5.15. The highest BCUT2D eigenvalue weighted by atomic mass is 79.9. The summed E-state index contributed by atoms with van der Waals surface area (Å²) >= 11 is 3.56. The molecule has 1 aromatic heterocycles. The fraction of sp³-hybridized carbons (Fsp3) is 0.286. The van der Waals surface area contributed by atoms with Crippen LogP contribution in [0.4, 0.5) is 0 Å². The van der Waals surface area contributed by atoms with E-state index in [1.807, 2.05) is 63.5 Å². The molecule has 0 spiro atoms. The molecule has 0 saturated carbocycles. The monoisotopic (exact) mass is 431 g/mol. The van der Waals surface area contributed by atoms with E-state index in [-0.39, 0.29) is 5.97 Å². The quantitative estimate of drug-likeness (QED) is 0.610. The van der Waals surface area contributed by atoms with Gasteiger partial charge in [-0.1, -0.05) is 18.2 Å². The molecule has 3 rings (SSSR count). The first kappa shape index (κ1) is 19.5. The lowest BCUT2D eigenvalue weighted by Gasteiger charge is -2.10. The SMILES string of the molecule is COc1cc2c(C(=O)OCC[NH+](C)C)c(C)n(-c3ccccc3)c2cc1Br. The molecule has 27 heavy (non-hydrogen) atoms. The van der Waals surface area contributed by atoms with Crippen LogP contribution < -0.4 is 9.64 Å². The smallest absolute Gasteiger partial charge is 0.340 e. The van der Waals surface area contributed by atoms with Crippen LogP contribution in [0.2, 0.25) is 0 Å². The third-order valence-electron chi connectivity index (χ3n) is 4.53. The van der Waals surface area contributed by atoms with Gasteiger partial charge in [0, 0.05) is 16.8 Å². The number of rotatable bonds is 6. The summed E-state index contributed by atoms with van der Waals surface area (Å²) in [5.74, 6) is 0.373. The topological polar surface area (TPSA) is 44.9 Å². The molecule has 5 nitrogen and oxygen atoms in total. The fourth-order valence-electron chi connectivity index (χ4n) is 3.16. The molecule has 0 atom stereocenters. The van der Waals surface area contributed by atoms with E-state index in [9.17, 15) is 4.79 Å². The van der Waals surface area contributed by atoms with Crippen molar-refractivity contribution in [2.24, 2.45) is 0 Å². The zero-order valence-corrected chi connectivity index (χ0v) is 17.6. The van der Waals surface area contributed by atoms with E-state index in [1.54, 1.807) is 7.11 Å². The van der Waals surface area contributed by atoms with Gasteiger partial charge < -0.3 is 18.9 Å². The second kappa shape index (κ2) is 8.15. The molecule has 0 bridgehead atoms. The van der Waals surface area contributed by atoms with E-state index >= 15 is 0 Å². The number of aromatic nitrogens is 1. The van der Waals surface area contributed by atoms with Crippen molar-refractivity contribution in [3.63, 3.8) is 0 Å². The maximum absolute atomic E-state index is 12.9. The summed E-state index contributed by atoms with van der Waals surface area (Å²) in [7, 11) is 5.68. The second-order valence-electron chi connectivity index (χ2n) is 6.73. The molecule has 0 fully saturated rings. The number of halogens is 1. The number of quaternary nitrogens is 1. The van der Waals surface area contributed by atoms with Gasteiger partial charge in [0.25, 0.3) is 0 Å². The van der Waals surface area contributed by atoms with Gasteiger partial charge in [-0.2, -0.15) is 0 Å². The van der Waals surface area contributed by atoms with Crippen LogP contribution >= 0.6 is 15.9 Å². The van der Waals surface area contributed by atoms with E-state index in [2.05, 4.69) is 20.5 Å². The van der Waals surface area contributed by atoms with E-state index in [1.165, 1.54) is 4.90 Å². The molecule has 0 aliphatic rings. The lowest BCUT2D eigenvalue weighted by molar-refractivity contribution is -0.858. The van der Waals surface area contributed by atoms with Gasteiger partial charge >= 0.3 is 5.97 Å². The second-order valence-corrected chi connectivity index (χ2v) is 7.58. The minimum atomic E-state index is -0.308. The highest BCUT2D eigenvalue weighted by molar-refractivity contribution is 9.10. The van der Waals surface area contributed by atoms with Crippen molar-refractivity contribution in [2.75, 3.05) is 34.4 Å². The van der Waals surface area contributed by atoms with Crippen LogP contribution in [-0.2, 0) is 4.74 Å². The number of nitrogens with zero attached hydrogens (tertiary/aromatic N) is 1. The Hall–Kier alpha value is -2.31. The number of hydrogen-bond acceptors (Lipinski definition) is 3. The molecule has 0 radical (unpaired) electrons. The van der Waals surface area contributed by atoms with Gasteiger partial charge in [-0.25, -0.2) is 4.79 Å². The largest absolute Gasteiger partial charge is 0.496 e. The van der Waals surface area contributed by atoms with E-state index < -0.39 is 0 Å². The summed E-state index contributed by atoms with van der Waals surface area (Å²) in [5.41, 5.74) is 3.34. The predicted octanol–water partition coefficient (Wildman–Crippen LogP) is 3.01. The molecule has 0 amide bonds. The molecular formula is C21H24BrN2O3+. The van der Waals surface area contributed by atoms with Gasteiger partial charge in [0.15, 0.2) is 0 Å². The number of methoxy groups -OCH3 is 1. The van der Waals surface area contributed by atoms with Gasteiger partial charge in [-0.05, 0) is 47.1 Å². The van der Waals surface area contributed by atoms with Crippen molar-refractivity contribution < 1.29 is 19.2 Å². The molecule has 1 heterocycles. The predicted molar refractivity (Wildman–Crippen MR) is 110 cm³/mol. The summed E-state index contributed by atoms with van der Waals surface area (Å²) in [5, 5.41) is 0.818. The van der Waals surface area contributed by atoms with Gasteiger partial charge in [-0.3, -0.25) is 0 Å². The Morgan fingerprint density at radius 2 is 1.89 bits per heavy atom. The first-order valence-electron chi connectivity index (χ1n) is 8.84. The Bertz CT molecular complexity index is 965. The van der Waals surface area contributed by atoms with Crippen molar-refractivity contribution in [2.45, 2.75) is 6.92 Å². The van der Waals surface area contributed by atoms with Crippen LogP contribution in [0.1, 0.15) is 16.1 Å². The average Bonchev–Trinajstić information content (AvgIpc) is 2.92. The fourth-order valence-corrected chi connectivity index (χ4v) is 3.65. The van der Waals surface area contributed by atoms with Crippen molar-refractivity contribution >= 4 is 32.8 Å². The lowest BCUT2D eigenvalue weighted by Crippen LogP contribution is -3.06. The molecule has 0 aliphatic heterocycles. The van der Waals surface area contributed by atoms with Crippen LogP contribution in [-0.4, -0.2) is 44.9 Å². The van der Waals surface area contributed by atoms with E-state index in [4.69, 9.17) is 9.47 Å². The maximum Gasteiger partial charge on any atom is 0.340 e. The van der Waals surface area contributed by atoms with Gasteiger partial charge in [0.1, 0.15) is 18.9 Å². The summed E-state index contributed by atoms with van der Waals surface area (Å²) < 4.78 is 13.9. The normalized spacial score (nSPS) is 11.2. The van der Waals surface area contributed by atoms with Crippen molar-refractivity contribution in [3.8, 4) is 11.4 Å². The highest BCUT2D eigenvalue weighted by Crippen LogP contribution is 2.36. The van der Waals surface area contributed by atoms with E-state index in [0.717, 1.165) is 33.3 Å². The Morgan fingerprint density at radius 3 is 2.52 bits per heavy atom. The first-order valence-corrected chi connectivity index (χ1v) is 9.63. The number of carbonyl (C=O) groups excluding carboxylic acids is 1. The minimum absolute atomic E-state index is 0.308. The summed E-state index contributed by atoms with van der Waals surface area (Å²) in [6, 6.07) is 13.9. The van der Waals surface area contributed by atoms with Crippen LogP contribution in [0.5, 0.6) is 5.75 Å². The number of para-hydroxylation sites is 1. The molecule has 0 aliphatic carbocycles. The third kappa shape index (κ3) is 3.87. The van der Waals surface area contributed by atoms with Crippen molar-refractivity contribution in [1.82, 2.24) is 4.57 Å². The summed E-state index contributed by atoms with van der Waals surface area (Å²) in [6.07, 6.45) is 0. The Morgan fingerprint density at radius 1 is 1.19 bits per heavy atom. The Balaban J connectivity index is 2.17. The number of ether oxygens (including phenoxy) is 2. The van der Waals surface area contributed by atoms with Crippen LogP contribution in [0.15, 0.2) is 46.9 Å². The number of hydrogen-bond donors (Lipinski definition) is 1. The van der Waals surface area contributed by atoms with Gasteiger partial charge in [0.05, 0.1) is 36.8 Å². The number of esters is 1. The van der Waals surface area contributed by atoms with Crippen LogP contribution in [0.3, 0.4) is 0 Å². The molecule has 1 N–H and O–H groups in total. The molecular weight excluding hydrogens is 408 g/mol. The number of benzene rings is 2. The lowest BCUT2D eigenvalue weighted by atomic mass is 10.1. The number of nitrogens with one attached hydrogen (secondary N) is 1. The maximum atomic E-state index is 12.9. The molecule has 142 valence electrons. The molecule has 0 unspecified atom stereocenters. The first-order chi connectivity index (χ1) is 12.9. The standard InChI is InChI=1S/C21H23BrN2O3/c1-14-20(21(25)27-11-10-23(2)3)16-12-19(26-4)17(22)13-18(16)24(14)15-8-6-5-7-9-15/h5-9,12-13H,10-11H2,1-4H3/p+1. The summed E-state index contributed by atoms with van der Waals surface area (Å²) in [6.45, 7) is 3.09. The number of carbonyl (C=O) groups is 1. The zero-order valence-electron chi connectivity index (χ0n) is 16.0. The van der Waals surface area contributed by atoms with Gasteiger partial charge in [-0.15, -0.1) is 0 Å².